The third-order valence-electron chi connectivity index (χ3n) is 3.01. The lowest BCUT2D eigenvalue weighted by Crippen LogP contribution is -2.28. The minimum Gasteiger partial charge on any atom is -0.386 e. The van der Waals surface area contributed by atoms with Crippen LogP contribution in [0.1, 0.15) is 16.5 Å². The molecule has 0 amide bonds. The van der Waals surface area contributed by atoms with E-state index < -0.39 is 21.1 Å². The molecule has 2 aromatic rings. The van der Waals surface area contributed by atoms with Crippen molar-refractivity contribution in [1.82, 2.24) is 4.72 Å². The number of nitro groups is 1. The first-order chi connectivity index (χ1) is 10.3. The molecule has 0 aliphatic rings. The van der Waals surface area contributed by atoms with Crippen LogP contribution in [0.4, 0.5) is 5.69 Å². The predicted octanol–water partition coefficient (Wildman–Crippen LogP) is 1.98. The number of aliphatic hydroxyl groups is 1. The summed E-state index contributed by atoms with van der Waals surface area (Å²) in [6.07, 6.45) is -0.964. The van der Waals surface area contributed by atoms with Gasteiger partial charge in [-0.1, -0.05) is 12.1 Å². The van der Waals surface area contributed by atoms with Crippen LogP contribution in [0.3, 0.4) is 0 Å². The summed E-state index contributed by atoms with van der Waals surface area (Å²) in [5.41, 5.74) is 0.0912. The van der Waals surface area contributed by atoms with E-state index in [4.69, 9.17) is 0 Å². The number of aliphatic hydroxyl groups excluding tert-OH is 1. The van der Waals surface area contributed by atoms with Crippen LogP contribution in [0.2, 0.25) is 0 Å². The lowest BCUT2D eigenvalue weighted by atomic mass is 10.2. The van der Waals surface area contributed by atoms with Crippen molar-refractivity contribution >= 4 is 27.0 Å². The molecular weight excluding hydrogens is 328 g/mol. The van der Waals surface area contributed by atoms with Crippen LogP contribution >= 0.6 is 11.3 Å². The summed E-state index contributed by atoms with van der Waals surface area (Å²) >= 11 is 1.31. The molecule has 0 bridgehead atoms. The third-order valence-corrected chi connectivity index (χ3v) is 5.55. The van der Waals surface area contributed by atoms with Crippen molar-refractivity contribution in [2.45, 2.75) is 17.9 Å². The van der Waals surface area contributed by atoms with Gasteiger partial charge in [-0.3, -0.25) is 10.1 Å². The topological polar surface area (TPSA) is 110 Å². The number of sulfonamides is 1. The fraction of sp³-hybridized carbons (Fsp3) is 0.231. The molecule has 1 aromatic carbocycles. The summed E-state index contributed by atoms with van der Waals surface area (Å²) in [4.78, 5) is 10.6. The van der Waals surface area contributed by atoms with Crippen LogP contribution in [0.15, 0.2) is 40.6 Å². The fourth-order valence-electron chi connectivity index (χ4n) is 1.84. The van der Waals surface area contributed by atoms with E-state index in [2.05, 4.69) is 4.72 Å². The van der Waals surface area contributed by atoms with Crippen molar-refractivity contribution in [2.75, 3.05) is 6.54 Å². The molecule has 2 rings (SSSR count). The molecule has 0 fully saturated rings. The number of nitrogens with one attached hydrogen (secondary N) is 1. The molecule has 0 spiro atoms. The predicted molar refractivity (Wildman–Crippen MR) is 82.3 cm³/mol. The highest BCUT2D eigenvalue weighted by molar-refractivity contribution is 7.89. The fourth-order valence-corrected chi connectivity index (χ4v) is 3.85. The molecule has 1 atom stereocenters. The van der Waals surface area contributed by atoms with E-state index in [1.165, 1.54) is 23.5 Å². The normalized spacial score (nSPS) is 13.0. The number of hydrogen-bond acceptors (Lipinski definition) is 6. The Morgan fingerprint density at radius 3 is 2.73 bits per heavy atom. The van der Waals surface area contributed by atoms with E-state index in [1.54, 1.807) is 24.4 Å². The lowest BCUT2D eigenvalue weighted by Gasteiger charge is -2.12. The molecule has 9 heteroatoms. The largest absolute Gasteiger partial charge is 0.386 e. The molecule has 0 saturated heterocycles. The lowest BCUT2D eigenvalue weighted by molar-refractivity contribution is -0.385. The smallest absolute Gasteiger partial charge is 0.270 e. The Balaban J connectivity index is 2.20. The quantitative estimate of drug-likeness (QED) is 0.616. The zero-order valence-corrected chi connectivity index (χ0v) is 13.2. The summed E-state index contributed by atoms with van der Waals surface area (Å²) in [6.45, 7) is 1.35. The van der Waals surface area contributed by atoms with E-state index in [9.17, 15) is 23.6 Å². The van der Waals surface area contributed by atoms with E-state index >= 15 is 0 Å². The zero-order valence-electron chi connectivity index (χ0n) is 11.6. The Kier molecular flexibility index (Phi) is 4.91. The maximum absolute atomic E-state index is 12.3. The average molecular weight is 342 g/mol. The van der Waals surface area contributed by atoms with Crippen molar-refractivity contribution < 1.29 is 18.4 Å². The average Bonchev–Trinajstić information content (AvgIpc) is 2.99. The molecule has 118 valence electrons. The number of hydrogen-bond donors (Lipinski definition) is 2. The molecule has 0 aliphatic carbocycles. The summed E-state index contributed by atoms with van der Waals surface area (Å²) in [5, 5.41) is 22.4. The minimum absolute atomic E-state index is 0.167. The minimum atomic E-state index is -3.94. The Hall–Kier alpha value is -1.81. The van der Waals surface area contributed by atoms with Gasteiger partial charge in [0.25, 0.3) is 5.69 Å². The molecule has 1 aromatic heterocycles. The van der Waals surface area contributed by atoms with Crippen LogP contribution in [0, 0.1) is 17.0 Å². The molecule has 0 saturated carbocycles. The molecule has 1 heterocycles. The van der Waals surface area contributed by atoms with Crippen molar-refractivity contribution in [3.05, 3.63) is 56.3 Å². The van der Waals surface area contributed by atoms with Gasteiger partial charge in [-0.15, -0.1) is 11.3 Å². The first-order valence-corrected chi connectivity index (χ1v) is 8.64. The van der Waals surface area contributed by atoms with Crippen LogP contribution < -0.4 is 4.72 Å². The number of thiophene rings is 1. The summed E-state index contributed by atoms with van der Waals surface area (Å²) < 4.78 is 26.8. The van der Waals surface area contributed by atoms with Crippen molar-refractivity contribution in [3.8, 4) is 0 Å². The highest BCUT2D eigenvalue weighted by Crippen LogP contribution is 2.23. The van der Waals surface area contributed by atoms with Gasteiger partial charge in [0.05, 0.1) is 9.82 Å². The SMILES string of the molecule is Cc1ccc([N+](=O)[O-])cc1S(=O)(=O)NCC(O)c1cccs1. The van der Waals surface area contributed by atoms with Crippen molar-refractivity contribution in [3.63, 3.8) is 0 Å². The van der Waals surface area contributed by atoms with Gasteiger partial charge in [0.1, 0.15) is 6.10 Å². The molecule has 22 heavy (non-hydrogen) atoms. The molecule has 1 unspecified atom stereocenters. The maximum Gasteiger partial charge on any atom is 0.270 e. The Labute approximate surface area is 131 Å². The Morgan fingerprint density at radius 1 is 1.41 bits per heavy atom. The number of nitrogens with zero attached hydrogens (tertiary/aromatic N) is 1. The zero-order chi connectivity index (χ0) is 16.3. The Morgan fingerprint density at radius 2 is 2.14 bits per heavy atom. The van der Waals surface area contributed by atoms with E-state index in [-0.39, 0.29) is 17.1 Å². The number of rotatable bonds is 6. The second kappa shape index (κ2) is 6.53. The van der Waals surface area contributed by atoms with Crippen molar-refractivity contribution in [2.24, 2.45) is 0 Å². The molecular formula is C13H14N2O5S2. The Bertz CT molecular complexity index is 772. The highest BCUT2D eigenvalue weighted by Gasteiger charge is 2.21. The second-order valence-electron chi connectivity index (χ2n) is 4.59. The summed E-state index contributed by atoms with van der Waals surface area (Å²) in [7, 11) is -3.94. The standard InChI is InChI=1S/C13H14N2O5S2/c1-9-4-5-10(15(17)18)7-13(9)22(19,20)14-8-11(16)12-3-2-6-21-12/h2-7,11,14,16H,8H2,1H3. The van der Waals surface area contributed by atoms with Gasteiger partial charge in [0, 0.05) is 23.6 Å². The van der Waals surface area contributed by atoms with Crippen LogP contribution in [-0.2, 0) is 10.0 Å². The van der Waals surface area contributed by atoms with Gasteiger partial charge in [-0.25, -0.2) is 13.1 Å². The maximum atomic E-state index is 12.3. The van der Waals surface area contributed by atoms with Crippen LogP contribution in [0.25, 0.3) is 0 Å². The number of aryl methyl sites for hydroxylation is 1. The van der Waals surface area contributed by atoms with Gasteiger partial charge < -0.3 is 5.11 Å². The molecule has 2 N–H and O–H groups in total. The number of non-ortho nitro benzene ring substituents is 1. The van der Waals surface area contributed by atoms with E-state index in [0.29, 0.717) is 10.4 Å². The van der Waals surface area contributed by atoms with Crippen molar-refractivity contribution in [1.29, 1.82) is 0 Å². The molecule has 0 radical (unpaired) electrons. The molecule has 0 aliphatic heterocycles. The first-order valence-electron chi connectivity index (χ1n) is 6.27. The monoisotopic (exact) mass is 342 g/mol. The third kappa shape index (κ3) is 3.69. The highest BCUT2D eigenvalue weighted by atomic mass is 32.2. The number of nitro benzene ring substituents is 1. The second-order valence-corrected chi connectivity index (χ2v) is 7.30. The van der Waals surface area contributed by atoms with Gasteiger partial charge >= 0.3 is 0 Å². The summed E-state index contributed by atoms with van der Waals surface area (Å²) in [5.74, 6) is 0. The molecule has 7 nitrogen and oxygen atoms in total. The number of benzene rings is 1. The first kappa shape index (κ1) is 16.6. The van der Waals surface area contributed by atoms with Gasteiger partial charge in [-0.05, 0) is 23.9 Å². The summed E-state index contributed by atoms with van der Waals surface area (Å²) in [6, 6.07) is 7.08. The van der Waals surface area contributed by atoms with Crippen LogP contribution in [-0.4, -0.2) is 25.0 Å². The van der Waals surface area contributed by atoms with E-state index in [1.807, 2.05) is 0 Å². The van der Waals surface area contributed by atoms with Crippen LogP contribution in [0.5, 0.6) is 0 Å². The van der Waals surface area contributed by atoms with Gasteiger partial charge in [0.15, 0.2) is 0 Å². The van der Waals surface area contributed by atoms with E-state index in [0.717, 1.165) is 6.07 Å². The van der Waals surface area contributed by atoms with Gasteiger partial charge in [0.2, 0.25) is 10.0 Å². The van der Waals surface area contributed by atoms with Gasteiger partial charge in [-0.2, -0.15) is 0 Å².